The molecule has 9 heteroatoms. The Balaban J connectivity index is 0.000000629. The second-order valence-electron chi connectivity index (χ2n) is 5.15. The van der Waals surface area contributed by atoms with Gasteiger partial charge in [0.15, 0.2) is 5.78 Å². The molecule has 0 bridgehead atoms. The number of amides is 1. The number of halogens is 2. The lowest BCUT2D eigenvalue weighted by Gasteiger charge is -2.14. The second-order valence-corrected chi connectivity index (χ2v) is 5.42. The number of ether oxygens (including phenoxy) is 1. The number of aromatic nitrogens is 2. The van der Waals surface area contributed by atoms with Crippen LogP contribution >= 0.6 is 24.0 Å². The van der Waals surface area contributed by atoms with Gasteiger partial charge in [-0.25, -0.2) is 0 Å². The van der Waals surface area contributed by atoms with Gasteiger partial charge in [0, 0.05) is 30.7 Å². The summed E-state index contributed by atoms with van der Waals surface area (Å²) in [6.07, 6.45) is 6.22. The average Bonchev–Trinajstić information content (AvgIpc) is 2.68. The fourth-order valence-electron chi connectivity index (χ4n) is 1.76. The van der Waals surface area contributed by atoms with Gasteiger partial charge in [-0.15, -0.1) is 24.0 Å². The highest BCUT2D eigenvalue weighted by Gasteiger charge is 2.21. The molecule has 1 atom stereocenters. The molecule has 2 heterocycles. The number of methoxy groups -OCH3 is 1. The van der Waals surface area contributed by atoms with Crippen molar-refractivity contribution < 1.29 is 19.1 Å². The van der Waals surface area contributed by atoms with Crippen LogP contribution in [0.5, 0.6) is 0 Å². The van der Waals surface area contributed by atoms with Crippen LogP contribution in [0.1, 0.15) is 29.3 Å². The minimum Gasteiger partial charge on any atom is -0.469 e. The van der Waals surface area contributed by atoms with Crippen molar-refractivity contribution in [3.63, 3.8) is 0 Å². The van der Waals surface area contributed by atoms with E-state index in [1.807, 2.05) is 12.1 Å². The van der Waals surface area contributed by atoms with Gasteiger partial charge in [0.2, 0.25) is 0 Å². The molecule has 0 saturated heterocycles. The molecule has 0 radical (unpaired) electrons. The Kier molecular flexibility index (Phi) is 12.4. The molecular formula is C18H21Cl2N3O4. The Morgan fingerprint density at radius 2 is 1.78 bits per heavy atom. The van der Waals surface area contributed by atoms with E-state index in [9.17, 15) is 14.4 Å². The Morgan fingerprint density at radius 3 is 2.19 bits per heavy atom. The SMILES string of the molecule is COC(=O)CC(NC(=O)c1cccnc1)C(C)=O.Cl.ClCc1cccnc1. The number of rotatable bonds is 6. The summed E-state index contributed by atoms with van der Waals surface area (Å²) in [5.74, 6) is -0.764. The zero-order valence-corrected chi connectivity index (χ0v) is 16.5. The van der Waals surface area contributed by atoms with Crippen LogP contribution in [0, 0.1) is 0 Å². The quantitative estimate of drug-likeness (QED) is 0.576. The van der Waals surface area contributed by atoms with Crippen molar-refractivity contribution in [1.29, 1.82) is 0 Å². The predicted molar refractivity (Wildman–Crippen MR) is 104 cm³/mol. The monoisotopic (exact) mass is 413 g/mol. The minimum atomic E-state index is -0.884. The van der Waals surface area contributed by atoms with E-state index in [1.54, 1.807) is 24.5 Å². The van der Waals surface area contributed by atoms with Gasteiger partial charge >= 0.3 is 5.97 Å². The maximum atomic E-state index is 11.8. The third-order valence-electron chi connectivity index (χ3n) is 3.20. The summed E-state index contributed by atoms with van der Waals surface area (Å²) in [6.45, 7) is 1.30. The van der Waals surface area contributed by atoms with Crippen molar-refractivity contribution in [1.82, 2.24) is 15.3 Å². The van der Waals surface area contributed by atoms with Crippen LogP contribution in [0.3, 0.4) is 0 Å². The largest absolute Gasteiger partial charge is 0.469 e. The summed E-state index contributed by atoms with van der Waals surface area (Å²) in [5.41, 5.74) is 1.39. The van der Waals surface area contributed by atoms with Crippen molar-refractivity contribution in [2.24, 2.45) is 0 Å². The van der Waals surface area contributed by atoms with E-state index in [0.717, 1.165) is 5.56 Å². The van der Waals surface area contributed by atoms with E-state index in [-0.39, 0.29) is 24.6 Å². The zero-order valence-electron chi connectivity index (χ0n) is 14.9. The second kappa shape index (κ2) is 13.7. The number of carbonyl (C=O) groups is 3. The summed E-state index contributed by atoms with van der Waals surface area (Å²) in [4.78, 5) is 41.9. The molecule has 2 rings (SSSR count). The summed E-state index contributed by atoms with van der Waals surface area (Å²) >= 11 is 5.49. The number of carbonyl (C=O) groups excluding carboxylic acids is 3. The topological polar surface area (TPSA) is 98.2 Å². The van der Waals surface area contributed by atoms with Crippen molar-refractivity contribution in [3.05, 3.63) is 60.2 Å². The van der Waals surface area contributed by atoms with Crippen LogP contribution < -0.4 is 5.32 Å². The molecule has 0 aromatic carbocycles. The minimum absolute atomic E-state index is 0. The predicted octanol–water partition coefficient (Wildman–Crippen LogP) is 2.57. The van der Waals surface area contributed by atoms with Crippen molar-refractivity contribution in [2.75, 3.05) is 7.11 Å². The summed E-state index contributed by atoms with van der Waals surface area (Å²) < 4.78 is 4.46. The number of nitrogens with one attached hydrogen (secondary N) is 1. The summed E-state index contributed by atoms with van der Waals surface area (Å²) in [5, 5.41) is 2.47. The Morgan fingerprint density at radius 1 is 1.15 bits per heavy atom. The molecule has 0 spiro atoms. The fraction of sp³-hybridized carbons (Fsp3) is 0.278. The van der Waals surface area contributed by atoms with Gasteiger partial charge in [-0.2, -0.15) is 0 Å². The highest BCUT2D eigenvalue weighted by Crippen LogP contribution is 2.01. The van der Waals surface area contributed by atoms with E-state index >= 15 is 0 Å². The number of alkyl halides is 1. The molecule has 0 aliphatic heterocycles. The van der Waals surface area contributed by atoms with E-state index in [2.05, 4.69) is 20.0 Å². The maximum Gasteiger partial charge on any atom is 0.308 e. The fourth-order valence-corrected chi connectivity index (χ4v) is 1.92. The van der Waals surface area contributed by atoms with Gasteiger partial charge in [0.25, 0.3) is 5.91 Å². The van der Waals surface area contributed by atoms with Gasteiger partial charge < -0.3 is 10.1 Å². The Bertz CT molecular complexity index is 715. The molecule has 2 aromatic heterocycles. The Hall–Kier alpha value is -2.51. The van der Waals surface area contributed by atoms with E-state index in [1.165, 1.54) is 26.4 Å². The highest BCUT2D eigenvalue weighted by atomic mass is 35.5. The third kappa shape index (κ3) is 9.67. The molecular weight excluding hydrogens is 393 g/mol. The molecule has 2 aromatic rings. The standard InChI is InChI=1S/C12H14N2O4.C6H6ClN.ClH/c1-8(15)10(6-11(16)18-2)14-12(17)9-4-3-5-13-7-9;7-4-6-2-1-3-8-5-6;/h3-5,7,10H,6H2,1-2H3,(H,14,17);1-3,5H,4H2;1H. The Labute approximate surface area is 168 Å². The number of nitrogens with zero attached hydrogens (tertiary/aromatic N) is 2. The lowest BCUT2D eigenvalue weighted by atomic mass is 10.1. The molecule has 27 heavy (non-hydrogen) atoms. The van der Waals surface area contributed by atoms with E-state index in [4.69, 9.17) is 11.6 Å². The molecule has 0 aliphatic carbocycles. The van der Waals surface area contributed by atoms with Crippen LogP contribution in [0.4, 0.5) is 0 Å². The van der Waals surface area contributed by atoms with Crippen LogP contribution in [-0.2, 0) is 20.2 Å². The number of hydrogen-bond acceptors (Lipinski definition) is 6. The number of pyridine rings is 2. The number of ketones is 1. The van der Waals surface area contributed by atoms with Crippen molar-refractivity contribution >= 4 is 41.7 Å². The molecule has 0 saturated carbocycles. The third-order valence-corrected chi connectivity index (χ3v) is 3.50. The molecule has 7 nitrogen and oxygen atoms in total. The van der Waals surface area contributed by atoms with Crippen LogP contribution in [0.25, 0.3) is 0 Å². The van der Waals surface area contributed by atoms with Crippen molar-refractivity contribution in [2.45, 2.75) is 25.3 Å². The molecule has 1 amide bonds. The van der Waals surface area contributed by atoms with Gasteiger partial charge in [0.05, 0.1) is 25.1 Å². The van der Waals surface area contributed by atoms with E-state index < -0.39 is 17.9 Å². The lowest BCUT2D eigenvalue weighted by Crippen LogP contribution is -2.41. The molecule has 1 unspecified atom stereocenters. The number of Topliss-reactive ketones (excluding diaryl/α,β-unsaturated/α-hetero) is 1. The number of esters is 1. The van der Waals surface area contributed by atoms with Crippen LogP contribution in [-0.4, -0.2) is 40.8 Å². The first-order valence-corrected chi connectivity index (χ1v) is 8.24. The van der Waals surface area contributed by atoms with Gasteiger partial charge in [0.1, 0.15) is 0 Å². The van der Waals surface area contributed by atoms with Crippen molar-refractivity contribution in [3.8, 4) is 0 Å². The van der Waals surface area contributed by atoms with E-state index in [0.29, 0.717) is 11.4 Å². The molecule has 0 aliphatic rings. The first-order chi connectivity index (χ1) is 12.5. The molecule has 0 fully saturated rings. The maximum absolute atomic E-state index is 11.8. The first kappa shape index (κ1) is 24.5. The van der Waals surface area contributed by atoms with Crippen LogP contribution in [0.15, 0.2) is 49.1 Å². The smallest absolute Gasteiger partial charge is 0.308 e. The highest BCUT2D eigenvalue weighted by molar-refractivity contribution is 6.17. The molecule has 1 N–H and O–H groups in total. The lowest BCUT2D eigenvalue weighted by molar-refractivity contribution is -0.142. The summed E-state index contributed by atoms with van der Waals surface area (Å²) in [7, 11) is 1.22. The summed E-state index contributed by atoms with van der Waals surface area (Å²) in [6, 6.07) is 6.11. The first-order valence-electron chi connectivity index (χ1n) is 7.71. The zero-order chi connectivity index (χ0) is 19.4. The normalized spacial score (nSPS) is 10.3. The van der Waals surface area contributed by atoms with Crippen LogP contribution in [0.2, 0.25) is 0 Å². The van der Waals surface area contributed by atoms with Gasteiger partial charge in [-0.3, -0.25) is 24.4 Å². The molecule has 146 valence electrons. The van der Waals surface area contributed by atoms with Gasteiger partial charge in [-0.05, 0) is 30.7 Å². The number of hydrogen-bond donors (Lipinski definition) is 1. The average molecular weight is 414 g/mol. The van der Waals surface area contributed by atoms with Gasteiger partial charge in [-0.1, -0.05) is 6.07 Å².